The van der Waals surface area contributed by atoms with Gasteiger partial charge in [0.05, 0.1) is 0 Å². The highest BCUT2D eigenvalue weighted by atomic mass is 16.5. The van der Waals surface area contributed by atoms with E-state index in [4.69, 9.17) is 4.74 Å². The van der Waals surface area contributed by atoms with Gasteiger partial charge in [0, 0.05) is 35.5 Å². The van der Waals surface area contributed by atoms with Crippen LogP contribution in [0.4, 0.5) is 0 Å². The van der Waals surface area contributed by atoms with Crippen molar-refractivity contribution in [1.82, 2.24) is 15.8 Å². The Bertz CT molecular complexity index is 1050. The Morgan fingerprint density at radius 1 is 0.886 bits per heavy atom. The number of ketones is 1. The molecule has 0 saturated carbocycles. The number of hydrazine groups is 1. The lowest BCUT2D eigenvalue weighted by atomic mass is 9.91. The molecule has 2 N–H and O–H groups in total. The first-order chi connectivity index (χ1) is 16.6. The molecule has 0 aliphatic carbocycles. The molecule has 35 heavy (non-hydrogen) atoms. The number of hydrogen-bond donors (Lipinski definition) is 2. The molecule has 8 heteroatoms. The SMILES string of the molecule is CC(Oc1ccc(C(=O)c2ccccc2)cc1)C(=O)NNC(=O)C1CCN(C(=O)C(C)(C)C)CC1. The summed E-state index contributed by atoms with van der Waals surface area (Å²) in [7, 11) is 0. The van der Waals surface area contributed by atoms with E-state index < -0.39 is 17.4 Å². The van der Waals surface area contributed by atoms with E-state index in [1.807, 2.05) is 26.8 Å². The van der Waals surface area contributed by atoms with Crippen LogP contribution in [0.2, 0.25) is 0 Å². The lowest BCUT2D eigenvalue weighted by molar-refractivity contribution is -0.143. The molecule has 0 bridgehead atoms. The molecular formula is C27H33N3O5. The molecule has 0 radical (unpaired) electrons. The summed E-state index contributed by atoms with van der Waals surface area (Å²) >= 11 is 0. The van der Waals surface area contributed by atoms with Crippen LogP contribution < -0.4 is 15.6 Å². The summed E-state index contributed by atoms with van der Waals surface area (Å²) in [5.74, 6) is -0.641. The van der Waals surface area contributed by atoms with Crippen molar-refractivity contribution < 1.29 is 23.9 Å². The van der Waals surface area contributed by atoms with Gasteiger partial charge in [0.25, 0.3) is 5.91 Å². The van der Waals surface area contributed by atoms with Gasteiger partial charge in [-0.25, -0.2) is 0 Å². The predicted molar refractivity (Wildman–Crippen MR) is 131 cm³/mol. The number of carbonyl (C=O) groups is 4. The first-order valence-electron chi connectivity index (χ1n) is 11.8. The molecule has 1 aliphatic rings. The number of likely N-dealkylation sites (tertiary alicyclic amines) is 1. The van der Waals surface area contributed by atoms with Crippen LogP contribution in [0.5, 0.6) is 5.75 Å². The van der Waals surface area contributed by atoms with Crippen molar-refractivity contribution in [3.63, 3.8) is 0 Å². The molecule has 1 heterocycles. The smallest absolute Gasteiger partial charge is 0.279 e. The molecule has 186 valence electrons. The summed E-state index contributed by atoms with van der Waals surface area (Å²) in [6.07, 6.45) is 0.227. The van der Waals surface area contributed by atoms with E-state index in [-0.39, 0.29) is 23.5 Å². The Hall–Kier alpha value is -3.68. The Kier molecular flexibility index (Phi) is 8.27. The molecule has 3 rings (SSSR count). The maximum atomic E-state index is 12.5. The second kappa shape index (κ2) is 11.2. The predicted octanol–water partition coefficient (Wildman–Crippen LogP) is 3.12. The fraction of sp³-hybridized carbons (Fsp3) is 0.407. The maximum Gasteiger partial charge on any atom is 0.279 e. The van der Waals surface area contributed by atoms with Crippen LogP contribution in [0.25, 0.3) is 0 Å². The Balaban J connectivity index is 1.44. The van der Waals surface area contributed by atoms with E-state index in [1.165, 1.54) is 0 Å². The summed E-state index contributed by atoms with van der Waals surface area (Å²) in [6, 6.07) is 15.5. The average molecular weight is 480 g/mol. The van der Waals surface area contributed by atoms with Crippen molar-refractivity contribution in [1.29, 1.82) is 0 Å². The van der Waals surface area contributed by atoms with Crippen LogP contribution in [0, 0.1) is 11.3 Å². The second-order valence-electron chi connectivity index (χ2n) is 9.77. The van der Waals surface area contributed by atoms with Gasteiger partial charge in [-0.2, -0.15) is 0 Å². The highest BCUT2D eigenvalue weighted by Gasteiger charge is 2.32. The first kappa shape index (κ1) is 25.9. The minimum atomic E-state index is -0.864. The number of nitrogens with one attached hydrogen (secondary N) is 2. The van der Waals surface area contributed by atoms with Crippen LogP contribution >= 0.6 is 0 Å². The van der Waals surface area contributed by atoms with E-state index in [0.717, 1.165) is 0 Å². The summed E-state index contributed by atoms with van der Waals surface area (Å²) in [5.41, 5.74) is 5.54. The fourth-order valence-electron chi connectivity index (χ4n) is 3.84. The average Bonchev–Trinajstić information content (AvgIpc) is 2.86. The van der Waals surface area contributed by atoms with Gasteiger partial charge in [0.1, 0.15) is 5.75 Å². The van der Waals surface area contributed by atoms with E-state index >= 15 is 0 Å². The zero-order valence-electron chi connectivity index (χ0n) is 20.7. The molecule has 1 unspecified atom stereocenters. The van der Waals surface area contributed by atoms with Crippen molar-refractivity contribution in [2.75, 3.05) is 13.1 Å². The summed E-state index contributed by atoms with van der Waals surface area (Å²) in [4.78, 5) is 51.5. The van der Waals surface area contributed by atoms with Crippen molar-refractivity contribution in [2.45, 2.75) is 46.6 Å². The molecule has 1 saturated heterocycles. The first-order valence-corrected chi connectivity index (χ1v) is 11.8. The highest BCUT2D eigenvalue weighted by Crippen LogP contribution is 2.23. The highest BCUT2D eigenvalue weighted by molar-refractivity contribution is 6.09. The molecule has 1 fully saturated rings. The van der Waals surface area contributed by atoms with E-state index in [2.05, 4.69) is 10.9 Å². The van der Waals surface area contributed by atoms with Crippen molar-refractivity contribution in [2.24, 2.45) is 11.3 Å². The third kappa shape index (κ3) is 6.91. The van der Waals surface area contributed by atoms with Gasteiger partial charge in [0.2, 0.25) is 11.8 Å². The molecule has 0 aromatic heterocycles. The molecule has 1 atom stereocenters. The third-order valence-corrected chi connectivity index (χ3v) is 5.94. The van der Waals surface area contributed by atoms with E-state index in [9.17, 15) is 19.2 Å². The van der Waals surface area contributed by atoms with Gasteiger partial charge < -0.3 is 9.64 Å². The molecule has 2 aromatic carbocycles. The molecule has 0 spiro atoms. The number of rotatable bonds is 6. The number of hydrogen-bond acceptors (Lipinski definition) is 5. The fourth-order valence-corrected chi connectivity index (χ4v) is 3.84. The van der Waals surface area contributed by atoms with Crippen molar-refractivity contribution in [3.05, 3.63) is 65.7 Å². The van der Waals surface area contributed by atoms with Gasteiger partial charge in [-0.3, -0.25) is 30.0 Å². The Morgan fingerprint density at radius 2 is 1.46 bits per heavy atom. The minimum Gasteiger partial charge on any atom is -0.481 e. The van der Waals surface area contributed by atoms with Crippen LogP contribution in [0.15, 0.2) is 54.6 Å². The Morgan fingerprint density at radius 3 is 2.03 bits per heavy atom. The van der Waals surface area contributed by atoms with Crippen LogP contribution in [0.1, 0.15) is 56.5 Å². The van der Waals surface area contributed by atoms with Gasteiger partial charge in [-0.15, -0.1) is 0 Å². The number of amides is 3. The van der Waals surface area contributed by atoms with Gasteiger partial charge in [-0.1, -0.05) is 51.1 Å². The molecule has 8 nitrogen and oxygen atoms in total. The quantitative estimate of drug-likeness (QED) is 0.489. The molecular weight excluding hydrogens is 446 g/mol. The standard InChI is InChI=1S/C27H33N3O5/c1-18(35-22-12-10-20(11-13-22)23(31)19-8-6-5-7-9-19)24(32)28-29-25(33)21-14-16-30(17-15-21)26(34)27(2,3)4/h5-13,18,21H,14-17H2,1-4H3,(H,28,32)(H,29,33). The van der Waals surface area contributed by atoms with Gasteiger partial charge in [-0.05, 0) is 44.0 Å². The minimum absolute atomic E-state index is 0.0769. The largest absolute Gasteiger partial charge is 0.481 e. The zero-order valence-corrected chi connectivity index (χ0v) is 20.7. The second-order valence-corrected chi connectivity index (χ2v) is 9.77. The normalized spacial score (nSPS) is 15.1. The summed E-state index contributed by atoms with van der Waals surface area (Å²) in [6.45, 7) is 8.25. The molecule has 1 aliphatic heterocycles. The molecule has 2 aromatic rings. The zero-order chi connectivity index (χ0) is 25.6. The van der Waals surface area contributed by atoms with Crippen LogP contribution in [-0.4, -0.2) is 47.6 Å². The number of piperidine rings is 1. The number of ether oxygens (including phenoxy) is 1. The maximum absolute atomic E-state index is 12.5. The summed E-state index contributed by atoms with van der Waals surface area (Å²) < 4.78 is 5.65. The number of nitrogens with zero attached hydrogens (tertiary/aromatic N) is 1. The number of carbonyl (C=O) groups excluding carboxylic acids is 4. The van der Waals surface area contributed by atoms with Crippen molar-refractivity contribution in [3.8, 4) is 5.75 Å². The molecule has 3 amide bonds. The van der Waals surface area contributed by atoms with E-state index in [0.29, 0.717) is 42.8 Å². The van der Waals surface area contributed by atoms with E-state index in [1.54, 1.807) is 60.4 Å². The number of benzene rings is 2. The Labute approximate surface area is 206 Å². The summed E-state index contributed by atoms with van der Waals surface area (Å²) in [5, 5.41) is 0. The third-order valence-electron chi connectivity index (χ3n) is 5.94. The lowest BCUT2D eigenvalue weighted by Gasteiger charge is -2.35. The van der Waals surface area contributed by atoms with Gasteiger partial charge in [0.15, 0.2) is 11.9 Å². The van der Waals surface area contributed by atoms with Crippen LogP contribution in [-0.2, 0) is 14.4 Å². The lowest BCUT2D eigenvalue weighted by Crippen LogP contribution is -2.51. The van der Waals surface area contributed by atoms with Gasteiger partial charge >= 0.3 is 0 Å². The monoisotopic (exact) mass is 479 g/mol. The van der Waals surface area contributed by atoms with Crippen molar-refractivity contribution >= 4 is 23.5 Å². The van der Waals surface area contributed by atoms with Crippen LogP contribution in [0.3, 0.4) is 0 Å². The topological polar surface area (TPSA) is 105 Å².